The number of hydrogen-bond acceptors (Lipinski definition) is 1. The van der Waals surface area contributed by atoms with Gasteiger partial charge >= 0.3 is 0 Å². The average Bonchev–Trinajstić information content (AvgIpc) is 2.81. The van der Waals surface area contributed by atoms with Crippen LogP contribution in [0.3, 0.4) is 0 Å². The number of rotatable bonds is 12. The topological polar surface area (TPSA) is 17.1 Å². The highest BCUT2D eigenvalue weighted by atomic mass is 19.1. The zero-order valence-electron chi connectivity index (χ0n) is 20.2. The molecule has 2 aromatic rings. The standard InChI is InChI=1S/C30H41FO/c1-3-4-5-6-7-8-9-10-11-24-12-14-26(15-13-24)28-20-21-29(30(31)22-28)27-18-16-25(17-19-27)23(2)32/h16-22,24,26H,3-15H2,1-2H3/t24-,26-. The Morgan fingerprint density at radius 1 is 0.844 bits per heavy atom. The molecule has 0 atom stereocenters. The van der Waals surface area contributed by atoms with E-state index in [1.54, 1.807) is 25.1 Å². The molecule has 0 radical (unpaired) electrons. The average molecular weight is 437 g/mol. The summed E-state index contributed by atoms with van der Waals surface area (Å²) >= 11 is 0. The molecule has 32 heavy (non-hydrogen) atoms. The minimum absolute atomic E-state index is 0.0328. The summed E-state index contributed by atoms with van der Waals surface area (Å²) in [5.41, 5.74) is 3.26. The van der Waals surface area contributed by atoms with Gasteiger partial charge in [0.25, 0.3) is 0 Å². The van der Waals surface area contributed by atoms with Crippen molar-refractivity contribution in [3.8, 4) is 11.1 Å². The monoisotopic (exact) mass is 436 g/mol. The highest BCUT2D eigenvalue weighted by molar-refractivity contribution is 5.94. The van der Waals surface area contributed by atoms with Crippen molar-refractivity contribution in [2.45, 2.75) is 103 Å². The Balaban J connectivity index is 1.42. The summed E-state index contributed by atoms with van der Waals surface area (Å²) < 4.78 is 14.9. The molecule has 3 rings (SSSR count). The van der Waals surface area contributed by atoms with Gasteiger partial charge in [-0.15, -0.1) is 0 Å². The lowest BCUT2D eigenvalue weighted by Crippen LogP contribution is -2.13. The third-order valence-electron chi connectivity index (χ3n) is 7.38. The summed E-state index contributed by atoms with van der Waals surface area (Å²) in [6.07, 6.45) is 17.5. The second-order valence-electron chi connectivity index (χ2n) is 9.85. The van der Waals surface area contributed by atoms with Crippen molar-refractivity contribution in [2.24, 2.45) is 5.92 Å². The van der Waals surface area contributed by atoms with Crippen LogP contribution in [0.25, 0.3) is 11.1 Å². The number of halogens is 1. The second-order valence-corrected chi connectivity index (χ2v) is 9.85. The minimum atomic E-state index is -0.154. The molecule has 0 aliphatic heterocycles. The van der Waals surface area contributed by atoms with Gasteiger partial charge in [0, 0.05) is 11.1 Å². The summed E-state index contributed by atoms with van der Waals surface area (Å²) in [7, 11) is 0. The van der Waals surface area contributed by atoms with Gasteiger partial charge in [-0.1, -0.05) is 101 Å². The van der Waals surface area contributed by atoms with Gasteiger partial charge < -0.3 is 0 Å². The first-order chi connectivity index (χ1) is 15.6. The first-order valence-electron chi connectivity index (χ1n) is 13.0. The molecule has 0 N–H and O–H groups in total. The number of hydrogen-bond donors (Lipinski definition) is 0. The van der Waals surface area contributed by atoms with E-state index in [1.165, 1.54) is 83.5 Å². The van der Waals surface area contributed by atoms with Gasteiger partial charge in [0.05, 0.1) is 0 Å². The van der Waals surface area contributed by atoms with Gasteiger partial charge in [0.2, 0.25) is 0 Å². The number of Topliss-reactive ketones (excluding diaryl/α,β-unsaturated/α-hetero) is 1. The normalized spacial score (nSPS) is 18.6. The maximum Gasteiger partial charge on any atom is 0.159 e. The van der Waals surface area contributed by atoms with E-state index in [-0.39, 0.29) is 11.6 Å². The van der Waals surface area contributed by atoms with Gasteiger partial charge in [-0.2, -0.15) is 0 Å². The molecule has 1 nitrogen and oxygen atoms in total. The van der Waals surface area contributed by atoms with Crippen LogP contribution in [-0.4, -0.2) is 5.78 Å². The fourth-order valence-corrected chi connectivity index (χ4v) is 5.26. The summed E-state index contributed by atoms with van der Waals surface area (Å²) in [6.45, 7) is 3.83. The Hall–Kier alpha value is -1.96. The predicted octanol–water partition coefficient (Wildman–Crippen LogP) is 9.50. The molecular weight excluding hydrogens is 395 g/mol. The molecule has 0 heterocycles. The van der Waals surface area contributed by atoms with Crippen molar-refractivity contribution in [3.63, 3.8) is 0 Å². The maximum absolute atomic E-state index is 14.9. The van der Waals surface area contributed by atoms with E-state index in [9.17, 15) is 9.18 Å². The second kappa shape index (κ2) is 12.9. The number of benzene rings is 2. The van der Waals surface area contributed by atoms with E-state index in [1.807, 2.05) is 18.2 Å². The summed E-state index contributed by atoms with van der Waals surface area (Å²) in [4.78, 5) is 11.5. The molecule has 174 valence electrons. The van der Waals surface area contributed by atoms with Crippen molar-refractivity contribution in [3.05, 3.63) is 59.4 Å². The molecule has 2 aromatic carbocycles. The van der Waals surface area contributed by atoms with Crippen LogP contribution in [-0.2, 0) is 0 Å². The van der Waals surface area contributed by atoms with Crippen molar-refractivity contribution < 1.29 is 9.18 Å². The molecular formula is C30H41FO. The molecule has 0 saturated heterocycles. The largest absolute Gasteiger partial charge is 0.295 e. The molecule has 1 aliphatic carbocycles. The number of carbonyl (C=O) groups excluding carboxylic acids is 1. The Labute approximate surface area is 194 Å². The van der Waals surface area contributed by atoms with E-state index in [4.69, 9.17) is 0 Å². The van der Waals surface area contributed by atoms with Gasteiger partial charge in [0.15, 0.2) is 5.78 Å². The molecule has 0 amide bonds. The fraction of sp³-hybridized carbons (Fsp3) is 0.567. The molecule has 1 aliphatic rings. The molecule has 1 fully saturated rings. The highest BCUT2D eigenvalue weighted by Gasteiger charge is 2.23. The quantitative estimate of drug-likeness (QED) is 0.239. The zero-order chi connectivity index (χ0) is 22.8. The molecule has 0 unspecified atom stereocenters. The van der Waals surface area contributed by atoms with Crippen molar-refractivity contribution in [2.75, 3.05) is 0 Å². The molecule has 0 bridgehead atoms. The first-order valence-corrected chi connectivity index (χ1v) is 13.0. The Bertz CT molecular complexity index is 830. The molecule has 0 spiro atoms. The summed E-state index contributed by atoms with van der Waals surface area (Å²) in [5.74, 6) is 1.24. The van der Waals surface area contributed by atoms with Crippen LogP contribution in [0.5, 0.6) is 0 Å². The first kappa shape index (κ1) is 24.7. The SMILES string of the molecule is CCCCCCCCCC[C@H]1CC[C@H](c2ccc(-c3ccc(C(C)=O)cc3)c(F)c2)CC1. The number of ketones is 1. The lowest BCUT2D eigenvalue weighted by Gasteiger charge is -2.29. The lowest BCUT2D eigenvalue weighted by molar-refractivity contribution is 0.101. The van der Waals surface area contributed by atoms with E-state index in [0.717, 1.165) is 17.0 Å². The Kier molecular flexibility index (Phi) is 9.96. The van der Waals surface area contributed by atoms with Crippen LogP contribution in [0.4, 0.5) is 4.39 Å². The van der Waals surface area contributed by atoms with Crippen molar-refractivity contribution >= 4 is 5.78 Å². The minimum Gasteiger partial charge on any atom is -0.295 e. The van der Waals surface area contributed by atoms with E-state index in [0.29, 0.717) is 17.0 Å². The predicted molar refractivity (Wildman–Crippen MR) is 134 cm³/mol. The van der Waals surface area contributed by atoms with Crippen LogP contribution in [0.1, 0.15) is 119 Å². The van der Waals surface area contributed by atoms with E-state index < -0.39 is 0 Å². The van der Waals surface area contributed by atoms with E-state index >= 15 is 0 Å². The van der Waals surface area contributed by atoms with Crippen LogP contribution in [0.2, 0.25) is 0 Å². The maximum atomic E-state index is 14.9. The Morgan fingerprint density at radius 3 is 2.06 bits per heavy atom. The van der Waals surface area contributed by atoms with Crippen LogP contribution in [0, 0.1) is 11.7 Å². The molecule has 2 heteroatoms. The number of carbonyl (C=O) groups is 1. The lowest BCUT2D eigenvalue weighted by atomic mass is 9.77. The van der Waals surface area contributed by atoms with Gasteiger partial charge in [-0.05, 0) is 61.6 Å². The summed E-state index contributed by atoms with van der Waals surface area (Å²) in [6, 6.07) is 13.0. The molecule has 1 saturated carbocycles. The van der Waals surface area contributed by atoms with Gasteiger partial charge in [0.1, 0.15) is 5.82 Å². The summed E-state index contributed by atoms with van der Waals surface area (Å²) in [5, 5.41) is 0. The number of unbranched alkanes of at least 4 members (excludes halogenated alkanes) is 7. The van der Waals surface area contributed by atoms with Gasteiger partial charge in [-0.3, -0.25) is 4.79 Å². The van der Waals surface area contributed by atoms with Crippen molar-refractivity contribution in [1.29, 1.82) is 0 Å². The highest BCUT2D eigenvalue weighted by Crippen LogP contribution is 2.39. The van der Waals surface area contributed by atoms with Crippen LogP contribution < -0.4 is 0 Å². The third-order valence-corrected chi connectivity index (χ3v) is 7.38. The van der Waals surface area contributed by atoms with Gasteiger partial charge in [-0.25, -0.2) is 4.39 Å². The smallest absolute Gasteiger partial charge is 0.159 e. The zero-order valence-corrected chi connectivity index (χ0v) is 20.2. The van der Waals surface area contributed by atoms with Crippen LogP contribution in [0.15, 0.2) is 42.5 Å². The van der Waals surface area contributed by atoms with Crippen molar-refractivity contribution in [1.82, 2.24) is 0 Å². The molecule has 0 aromatic heterocycles. The third kappa shape index (κ3) is 7.29. The van der Waals surface area contributed by atoms with Crippen LogP contribution >= 0.6 is 0 Å². The fourth-order valence-electron chi connectivity index (χ4n) is 5.26. The Morgan fingerprint density at radius 2 is 1.47 bits per heavy atom. The van der Waals surface area contributed by atoms with E-state index in [2.05, 4.69) is 13.0 Å².